The molecular weight excluding hydrogens is 256 g/mol. The average Bonchev–Trinajstić information content (AvgIpc) is 2.49. The number of rotatable bonds is 7. The predicted molar refractivity (Wildman–Crippen MR) is 91.3 cm³/mol. The maximum Gasteiger partial charge on any atom is 0.0233 e. The Hall–Kier alpha value is -0.860. The first-order valence-electron chi connectivity index (χ1n) is 8.64. The summed E-state index contributed by atoms with van der Waals surface area (Å²) in [6.07, 6.45) is 7.02. The Labute approximate surface area is 130 Å². The van der Waals surface area contributed by atoms with Gasteiger partial charge in [0.15, 0.2) is 0 Å². The quantitative estimate of drug-likeness (QED) is 0.809. The minimum atomic E-state index is 0.716. The number of nitrogens with one attached hydrogen (secondary N) is 1. The fourth-order valence-electron chi connectivity index (χ4n) is 3.21. The minimum absolute atomic E-state index is 0.716. The van der Waals surface area contributed by atoms with Gasteiger partial charge < -0.3 is 5.32 Å². The largest absolute Gasteiger partial charge is 0.312 e. The van der Waals surface area contributed by atoms with E-state index in [-0.39, 0.29) is 0 Å². The molecular formula is C19H32N2. The molecule has 0 bridgehead atoms. The lowest BCUT2D eigenvalue weighted by molar-refractivity contribution is 0.184. The fourth-order valence-corrected chi connectivity index (χ4v) is 3.21. The number of benzene rings is 1. The summed E-state index contributed by atoms with van der Waals surface area (Å²) in [6, 6.07) is 9.94. The van der Waals surface area contributed by atoms with Gasteiger partial charge in [-0.2, -0.15) is 0 Å². The van der Waals surface area contributed by atoms with Gasteiger partial charge in [0, 0.05) is 19.1 Å². The zero-order chi connectivity index (χ0) is 15.1. The van der Waals surface area contributed by atoms with Crippen LogP contribution >= 0.6 is 0 Å². The third-order valence-electron chi connectivity index (χ3n) is 4.53. The first-order valence-corrected chi connectivity index (χ1v) is 8.64. The van der Waals surface area contributed by atoms with Gasteiger partial charge in [0.25, 0.3) is 0 Å². The summed E-state index contributed by atoms with van der Waals surface area (Å²) in [5.41, 5.74) is 2.83. The van der Waals surface area contributed by atoms with Gasteiger partial charge in [-0.1, -0.05) is 57.4 Å². The summed E-state index contributed by atoms with van der Waals surface area (Å²) in [6.45, 7) is 7.65. The maximum absolute atomic E-state index is 3.50. The summed E-state index contributed by atoms with van der Waals surface area (Å²) in [5.74, 6) is 0.716. The van der Waals surface area contributed by atoms with E-state index in [9.17, 15) is 0 Å². The lowest BCUT2D eigenvalue weighted by Gasteiger charge is -2.31. The lowest BCUT2D eigenvalue weighted by atomic mass is 9.94. The molecule has 2 heteroatoms. The summed E-state index contributed by atoms with van der Waals surface area (Å²) >= 11 is 0. The predicted octanol–water partition coefficient (Wildman–Crippen LogP) is 4.20. The van der Waals surface area contributed by atoms with Crippen molar-refractivity contribution in [1.29, 1.82) is 0 Å². The van der Waals surface area contributed by atoms with Crippen LogP contribution in [0.5, 0.6) is 0 Å². The third-order valence-corrected chi connectivity index (χ3v) is 4.53. The first-order chi connectivity index (χ1) is 10.1. The Kier molecular flexibility index (Phi) is 6.72. The molecule has 1 aromatic carbocycles. The van der Waals surface area contributed by atoms with E-state index in [2.05, 4.69) is 55.4 Å². The molecule has 0 aliphatic heterocycles. The van der Waals surface area contributed by atoms with E-state index in [0.717, 1.165) is 25.7 Å². The molecule has 1 saturated carbocycles. The SMILES string of the molecule is CC(C)CNCc1ccc(CN(C)C2CCCCC2)cc1. The zero-order valence-electron chi connectivity index (χ0n) is 14.1. The molecule has 0 saturated heterocycles. The summed E-state index contributed by atoms with van der Waals surface area (Å²) in [5, 5.41) is 3.50. The Bertz CT molecular complexity index is 391. The molecule has 1 fully saturated rings. The van der Waals surface area contributed by atoms with Gasteiger partial charge in [-0.3, -0.25) is 4.90 Å². The van der Waals surface area contributed by atoms with E-state index in [0.29, 0.717) is 5.92 Å². The van der Waals surface area contributed by atoms with E-state index in [1.807, 2.05) is 0 Å². The molecule has 21 heavy (non-hydrogen) atoms. The average molecular weight is 288 g/mol. The molecule has 0 aromatic heterocycles. The van der Waals surface area contributed by atoms with Crippen LogP contribution in [-0.2, 0) is 13.1 Å². The van der Waals surface area contributed by atoms with Gasteiger partial charge in [0.2, 0.25) is 0 Å². The highest BCUT2D eigenvalue weighted by atomic mass is 15.1. The van der Waals surface area contributed by atoms with Gasteiger partial charge in [-0.15, -0.1) is 0 Å². The third kappa shape index (κ3) is 5.80. The molecule has 1 aliphatic rings. The maximum atomic E-state index is 3.50. The van der Waals surface area contributed by atoms with Crippen LogP contribution in [0, 0.1) is 5.92 Å². The van der Waals surface area contributed by atoms with Crippen LogP contribution < -0.4 is 5.32 Å². The molecule has 0 spiro atoms. The molecule has 118 valence electrons. The highest BCUT2D eigenvalue weighted by Gasteiger charge is 2.17. The van der Waals surface area contributed by atoms with Crippen LogP contribution in [0.25, 0.3) is 0 Å². The fraction of sp³-hybridized carbons (Fsp3) is 0.684. The normalized spacial score (nSPS) is 16.8. The van der Waals surface area contributed by atoms with Crippen LogP contribution in [0.4, 0.5) is 0 Å². The Morgan fingerprint density at radius 3 is 2.29 bits per heavy atom. The molecule has 0 unspecified atom stereocenters. The van der Waals surface area contributed by atoms with Crippen LogP contribution in [0.15, 0.2) is 24.3 Å². The summed E-state index contributed by atoms with van der Waals surface area (Å²) in [4.78, 5) is 2.55. The van der Waals surface area contributed by atoms with Crippen molar-refractivity contribution in [2.75, 3.05) is 13.6 Å². The second-order valence-electron chi connectivity index (χ2n) is 7.05. The molecule has 0 atom stereocenters. The second kappa shape index (κ2) is 8.55. The monoisotopic (exact) mass is 288 g/mol. The number of hydrogen-bond acceptors (Lipinski definition) is 2. The molecule has 2 nitrogen and oxygen atoms in total. The standard InChI is InChI=1S/C19H32N2/c1-16(2)13-20-14-17-9-11-18(12-10-17)15-21(3)19-7-5-4-6-8-19/h9-12,16,19-20H,4-8,13-15H2,1-3H3. The van der Waals surface area contributed by atoms with Gasteiger partial charge >= 0.3 is 0 Å². The van der Waals surface area contributed by atoms with Gasteiger partial charge in [-0.05, 0) is 43.5 Å². The molecule has 1 aliphatic carbocycles. The topological polar surface area (TPSA) is 15.3 Å². The lowest BCUT2D eigenvalue weighted by Crippen LogP contribution is -2.32. The highest BCUT2D eigenvalue weighted by molar-refractivity contribution is 5.22. The summed E-state index contributed by atoms with van der Waals surface area (Å²) < 4.78 is 0. The second-order valence-corrected chi connectivity index (χ2v) is 7.05. The van der Waals surface area contributed by atoms with Crippen molar-refractivity contribution in [2.24, 2.45) is 5.92 Å². The number of nitrogens with zero attached hydrogens (tertiary/aromatic N) is 1. The molecule has 1 N–H and O–H groups in total. The van der Waals surface area contributed by atoms with Crippen molar-refractivity contribution in [3.63, 3.8) is 0 Å². The van der Waals surface area contributed by atoms with Crippen molar-refractivity contribution in [1.82, 2.24) is 10.2 Å². The van der Waals surface area contributed by atoms with Gasteiger partial charge in [0.05, 0.1) is 0 Å². The van der Waals surface area contributed by atoms with Crippen LogP contribution in [-0.4, -0.2) is 24.5 Å². The number of hydrogen-bond donors (Lipinski definition) is 1. The highest BCUT2D eigenvalue weighted by Crippen LogP contribution is 2.22. The van der Waals surface area contributed by atoms with Crippen LogP contribution in [0.2, 0.25) is 0 Å². The Morgan fingerprint density at radius 1 is 1.05 bits per heavy atom. The van der Waals surface area contributed by atoms with Crippen molar-refractivity contribution in [3.05, 3.63) is 35.4 Å². The van der Waals surface area contributed by atoms with Crippen molar-refractivity contribution >= 4 is 0 Å². The zero-order valence-corrected chi connectivity index (χ0v) is 14.1. The molecule has 0 amide bonds. The minimum Gasteiger partial charge on any atom is -0.312 e. The van der Waals surface area contributed by atoms with Crippen LogP contribution in [0.1, 0.15) is 57.1 Å². The van der Waals surface area contributed by atoms with E-state index in [1.165, 1.54) is 43.2 Å². The first kappa shape index (κ1) is 16.5. The Balaban J connectivity index is 1.78. The van der Waals surface area contributed by atoms with E-state index < -0.39 is 0 Å². The van der Waals surface area contributed by atoms with Crippen molar-refractivity contribution in [2.45, 2.75) is 65.1 Å². The summed E-state index contributed by atoms with van der Waals surface area (Å²) in [7, 11) is 2.29. The molecule has 1 aromatic rings. The van der Waals surface area contributed by atoms with Gasteiger partial charge in [-0.25, -0.2) is 0 Å². The smallest absolute Gasteiger partial charge is 0.0233 e. The molecule has 2 rings (SSSR count). The van der Waals surface area contributed by atoms with Crippen molar-refractivity contribution < 1.29 is 0 Å². The molecule has 0 heterocycles. The molecule has 0 radical (unpaired) electrons. The van der Waals surface area contributed by atoms with E-state index >= 15 is 0 Å². The van der Waals surface area contributed by atoms with Gasteiger partial charge in [0.1, 0.15) is 0 Å². The Morgan fingerprint density at radius 2 is 1.67 bits per heavy atom. The van der Waals surface area contributed by atoms with E-state index in [1.54, 1.807) is 0 Å². The van der Waals surface area contributed by atoms with Crippen LogP contribution in [0.3, 0.4) is 0 Å². The van der Waals surface area contributed by atoms with E-state index in [4.69, 9.17) is 0 Å². The van der Waals surface area contributed by atoms with Crippen molar-refractivity contribution in [3.8, 4) is 0 Å².